The SMILES string of the molecule is ONCCCN1CCOCC1. The van der Waals surface area contributed by atoms with Gasteiger partial charge in [-0.3, -0.25) is 4.90 Å². The van der Waals surface area contributed by atoms with Crippen LogP contribution in [0.15, 0.2) is 0 Å². The van der Waals surface area contributed by atoms with Crippen LogP contribution in [-0.4, -0.2) is 49.5 Å². The molecule has 0 spiro atoms. The third kappa shape index (κ3) is 3.67. The minimum Gasteiger partial charge on any atom is -0.379 e. The van der Waals surface area contributed by atoms with Crippen LogP contribution in [0, 0.1) is 0 Å². The Morgan fingerprint density at radius 1 is 1.36 bits per heavy atom. The van der Waals surface area contributed by atoms with E-state index >= 15 is 0 Å². The highest BCUT2D eigenvalue weighted by atomic mass is 16.5. The van der Waals surface area contributed by atoms with E-state index < -0.39 is 0 Å². The normalized spacial score (nSPS) is 20.5. The maximum Gasteiger partial charge on any atom is 0.0594 e. The van der Waals surface area contributed by atoms with Crippen LogP contribution in [0.5, 0.6) is 0 Å². The third-order valence-electron chi connectivity index (χ3n) is 1.87. The number of nitrogens with zero attached hydrogens (tertiary/aromatic N) is 1. The molecule has 0 aromatic rings. The number of hydrogen-bond acceptors (Lipinski definition) is 4. The fourth-order valence-corrected chi connectivity index (χ4v) is 1.21. The number of nitrogens with one attached hydrogen (secondary N) is 1. The highest BCUT2D eigenvalue weighted by Crippen LogP contribution is 1.96. The summed E-state index contributed by atoms with van der Waals surface area (Å²) in [6.07, 6.45) is 0.997. The summed E-state index contributed by atoms with van der Waals surface area (Å²) >= 11 is 0. The maximum absolute atomic E-state index is 8.30. The van der Waals surface area contributed by atoms with E-state index in [1.807, 2.05) is 0 Å². The fraction of sp³-hybridized carbons (Fsp3) is 1.00. The van der Waals surface area contributed by atoms with E-state index in [0.29, 0.717) is 6.54 Å². The summed E-state index contributed by atoms with van der Waals surface area (Å²) in [7, 11) is 0. The zero-order valence-electron chi connectivity index (χ0n) is 6.75. The van der Waals surface area contributed by atoms with E-state index in [-0.39, 0.29) is 0 Å². The van der Waals surface area contributed by atoms with Crippen molar-refractivity contribution in [1.82, 2.24) is 10.4 Å². The number of ether oxygens (including phenoxy) is 1. The van der Waals surface area contributed by atoms with Crippen molar-refractivity contribution in [3.8, 4) is 0 Å². The number of rotatable bonds is 4. The van der Waals surface area contributed by atoms with Gasteiger partial charge in [-0.2, -0.15) is 0 Å². The molecule has 0 atom stereocenters. The van der Waals surface area contributed by atoms with Crippen molar-refractivity contribution in [2.24, 2.45) is 0 Å². The van der Waals surface area contributed by atoms with Crippen LogP contribution in [-0.2, 0) is 4.74 Å². The van der Waals surface area contributed by atoms with Crippen molar-refractivity contribution >= 4 is 0 Å². The molecule has 0 amide bonds. The summed E-state index contributed by atoms with van der Waals surface area (Å²) in [5.41, 5.74) is 2.15. The molecule has 66 valence electrons. The lowest BCUT2D eigenvalue weighted by Gasteiger charge is -2.26. The second-order valence-electron chi connectivity index (χ2n) is 2.72. The Bertz CT molecular complexity index is 94.4. The highest BCUT2D eigenvalue weighted by Gasteiger charge is 2.08. The van der Waals surface area contributed by atoms with E-state index in [1.165, 1.54) is 0 Å². The molecule has 1 fully saturated rings. The van der Waals surface area contributed by atoms with Gasteiger partial charge in [-0.25, -0.2) is 5.48 Å². The molecular formula is C7H16N2O2. The predicted molar refractivity (Wildman–Crippen MR) is 41.7 cm³/mol. The van der Waals surface area contributed by atoms with E-state index in [4.69, 9.17) is 9.94 Å². The molecule has 1 aliphatic heterocycles. The predicted octanol–water partition coefficient (Wildman–Crippen LogP) is -0.312. The van der Waals surface area contributed by atoms with Crippen molar-refractivity contribution in [2.45, 2.75) is 6.42 Å². The van der Waals surface area contributed by atoms with E-state index in [2.05, 4.69) is 10.4 Å². The average Bonchev–Trinajstić information content (AvgIpc) is 2.07. The van der Waals surface area contributed by atoms with Crippen LogP contribution < -0.4 is 5.48 Å². The molecule has 1 rings (SSSR count). The molecule has 0 aliphatic carbocycles. The fourth-order valence-electron chi connectivity index (χ4n) is 1.21. The molecule has 11 heavy (non-hydrogen) atoms. The van der Waals surface area contributed by atoms with Crippen molar-refractivity contribution in [3.05, 3.63) is 0 Å². The van der Waals surface area contributed by atoms with Crippen molar-refractivity contribution < 1.29 is 9.94 Å². The topological polar surface area (TPSA) is 44.7 Å². The highest BCUT2D eigenvalue weighted by molar-refractivity contribution is 4.61. The van der Waals surface area contributed by atoms with Gasteiger partial charge in [0, 0.05) is 19.6 Å². The van der Waals surface area contributed by atoms with Gasteiger partial charge in [-0.1, -0.05) is 0 Å². The molecule has 4 heteroatoms. The molecule has 0 aromatic carbocycles. The molecule has 0 unspecified atom stereocenters. The van der Waals surface area contributed by atoms with E-state index in [0.717, 1.165) is 39.3 Å². The van der Waals surface area contributed by atoms with Gasteiger partial charge >= 0.3 is 0 Å². The van der Waals surface area contributed by atoms with Crippen LogP contribution in [0.1, 0.15) is 6.42 Å². The first kappa shape index (κ1) is 8.93. The van der Waals surface area contributed by atoms with Crippen LogP contribution in [0.2, 0.25) is 0 Å². The summed E-state index contributed by atoms with van der Waals surface area (Å²) in [6.45, 7) is 5.50. The zero-order valence-corrected chi connectivity index (χ0v) is 6.75. The molecule has 0 bridgehead atoms. The first-order valence-electron chi connectivity index (χ1n) is 4.10. The van der Waals surface area contributed by atoms with Gasteiger partial charge in [0.15, 0.2) is 0 Å². The van der Waals surface area contributed by atoms with Gasteiger partial charge in [0.25, 0.3) is 0 Å². The molecule has 0 saturated carbocycles. The minimum absolute atomic E-state index is 0.678. The number of hydroxylamine groups is 1. The second kappa shape index (κ2) is 5.49. The third-order valence-corrected chi connectivity index (χ3v) is 1.87. The average molecular weight is 160 g/mol. The van der Waals surface area contributed by atoms with Gasteiger partial charge in [0.05, 0.1) is 13.2 Å². The monoisotopic (exact) mass is 160 g/mol. The molecular weight excluding hydrogens is 144 g/mol. The molecule has 4 nitrogen and oxygen atoms in total. The van der Waals surface area contributed by atoms with Gasteiger partial charge in [0.1, 0.15) is 0 Å². The van der Waals surface area contributed by atoms with Crippen molar-refractivity contribution in [2.75, 3.05) is 39.4 Å². The second-order valence-corrected chi connectivity index (χ2v) is 2.72. The molecule has 2 N–H and O–H groups in total. The van der Waals surface area contributed by atoms with E-state index in [9.17, 15) is 0 Å². The zero-order chi connectivity index (χ0) is 7.94. The summed E-state index contributed by atoms with van der Waals surface area (Å²) in [6, 6.07) is 0. The van der Waals surface area contributed by atoms with Gasteiger partial charge in [-0.05, 0) is 13.0 Å². The number of morpholine rings is 1. The number of hydrogen-bond donors (Lipinski definition) is 2. The minimum atomic E-state index is 0.678. The first-order valence-corrected chi connectivity index (χ1v) is 4.10. The summed E-state index contributed by atoms with van der Waals surface area (Å²) < 4.78 is 5.20. The van der Waals surface area contributed by atoms with Crippen LogP contribution >= 0.6 is 0 Å². The lowest BCUT2D eigenvalue weighted by Crippen LogP contribution is -2.37. The molecule has 1 aliphatic rings. The quantitative estimate of drug-likeness (QED) is 0.437. The van der Waals surface area contributed by atoms with E-state index in [1.54, 1.807) is 0 Å². The lowest BCUT2D eigenvalue weighted by atomic mass is 10.3. The van der Waals surface area contributed by atoms with Crippen LogP contribution in [0.25, 0.3) is 0 Å². The molecule has 1 heterocycles. The Hall–Kier alpha value is -0.160. The Morgan fingerprint density at radius 2 is 2.09 bits per heavy atom. The van der Waals surface area contributed by atoms with Gasteiger partial charge < -0.3 is 9.94 Å². The Labute approximate surface area is 67.1 Å². The van der Waals surface area contributed by atoms with Crippen molar-refractivity contribution in [1.29, 1.82) is 0 Å². The smallest absolute Gasteiger partial charge is 0.0594 e. The Morgan fingerprint density at radius 3 is 2.73 bits per heavy atom. The van der Waals surface area contributed by atoms with Crippen molar-refractivity contribution in [3.63, 3.8) is 0 Å². The standard InChI is InChI=1S/C7H16N2O2/c10-8-2-1-3-9-4-6-11-7-5-9/h8,10H,1-7H2. The molecule has 0 aromatic heterocycles. The summed E-state index contributed by atoms with van der Waals surface area (Å²) in [4.78, 5) is 2.35. The first-order chi connectivity index (χ1) is 5.43. The van der Waals surface area contributed by atoms with Crippen LogP contribution in [0.3, 0.4) is 0 Å². The van der Waals surface area contributed by atoms with Crippen LogP contribution in [0.4, 0.5) is 0 Å². The summed E-state index contributed by atoms with van der Waals surface area (Å²) in [5.74, 6) is 0. The summed E-state index contributed by atoms with van der Waals surface area (Å²) in [5, 5.41) is 8.30. The largest absolute Gasteiger partial charge is 0.379 e. The maximum atomic E-state index is 8.30. The van der Waals surface area contributed by atoms with Gasteiger partial charge in [0.2, 0.25) is 0 Å². The Kier molecular flexibility index (Phi) is 4.45. The lowest BCUT2D eigenvalue weighted by molar-refractivity contribution is 0.0359. The molecule has 1 saturated heterocycles. The molecule has 0 radical (unpaired) electrons. The Balaban J connectivity index is 1.96. The van der Waals surface area contributed by atoms with Gasteiger partial charge in [-0.15, -0.1) is 0 Å².